The van der Waals surface area contributed by atoms with Crippen LogP contribution in [0.5, 0.6) is 0 Å². The van der Waals surface area contributed by atoms with E-state index in [1.807, 2.05) is 0 Å². The minimum absolute atomic E-state index is 0.412. The molecule has 0 aliphatic rings. The van der Waals surface area contributed by atoms with E-state index in [1.54, 1.807) is 0 Å². The number of aryl methyl sites for hydroxylation is 2. The Morgan fingerprint density at radius 2 is 1.53 bits per heavy atom. The van der Waals surface area contributed by atoms with Crippen molar-refractivity contribution in [3.05, 3.63) is 34.9 Å². The predicted octanol–water partition coefficient (Wildman–Crippen LogP) is 4.65. The van der Waals surface area contributed by atoms with Gasteiger partial charge in [0.2, 0.25) is 0 Å². The molecule has 0 aliphatic carbocycles. The molecule has 0 saturated carbocycles. The van der Waals surface area contributed by atoms with Gasteiger partial charge in [0.05, 0.1) is 0 Å². The molecular weight excluding hydrogens is 230 g/mol. The van der Waals surface area contributed by atoms with E-state index in [4.69, 9.17) is 0 Å². The maximum absolute atomic E-state index is 3.63. The molecule has 0 saturated heterocycles. The molecule has 0 unspecified atom stereocenters. The molecule has 0 radical (unpaired) electrons. The Labute approximate surface area is 119 Å². The van der Waals surface area contributed by atoms with Gasteiger partial charge in [-0.05, 0) is 57.1 Å². The van der Waals surface area contributed by atoms with Crippen molar-refractivity contribution in [3.8, 4) is 0 Å². The van der Waals surface area contributed by atoms with Crippen LogP contribution >= 0.6 is 0 Å². The zero-order valence-electron chi connectivity index (χ0n) is 13.5. The fraction of sp³-hybridized carbons (Fsp3) is 0.667. The van der Waals surface area contributed by atoms with Gasteiger partial charge in [-0.3, -0.25) is 0 Å². The van der Waals surface area contributed by atoms with Crippen LogP contribution < -0.4 is 5.32 Å². The fourth-order valence-electron chi connectivity index (χ4n) is 2.95. The molecule has 0 fully saturated rings. The van der Waals surface area contributed by atoms with E-state index in [1.165, 1.54) is 42.4 Å². The molecule has 1 N–H and O–H groups in total. The van der Waals surface area contributed by atoms with Crippen LogP contribution in [0.3, 0.4) is 0 Å². The Morgan fingerprint density at radius 3 is 2.00 bits per heavy atom. The molecule has 108 valence electrons. The van der Waals surface area contributed by atoms with Crippen LogP contribution in [0.15, 0.2) is 18.2 Å². The van der Waals surface area contributed by atoms with E-state index in [0.29, 0.717) is 5.41 Å². The minimum Gasteiger partial charge on any atom is -0.316 e. The van der Waals surface area contributed by atoms with Crippen molar-refractivity contribution >= 4 is 0 Å². The van der Waals surface area contributed by atoms with Crippen LogP contribution in [0.1, 0.15) is 56.7 Å². The van der Waals surface area contributed by atoms with Gasteiger partial charge < -0.3 is 5.32 Å². The van der Waals surface area contributed by atoms with Gasteiger partial charge >= 0.3 is 0 Å². The average Bonchev–Trinajstić information content (AvgIpc) is 2.36. The lowest BCUT2D eigenvalue weighted by Gasteiger charge is -2.32. The summed E-state index contributed by atoms with van der Waals surface area (Å²) in [5.41, 5.74) is 4.69. The van der Waals surface area contributed by atoms with Crippen LogP contribution in [0.2, 0.25) is 0 Å². The summed E-state index contributed by atoms with van der Waals surface area (Å²) in [6, 6.07) is 6.97. The maximum atomic E-state index is 3.63. The van der Waals surface area contributed by atoms with Gasteiger partial charge in [0.1, 0.15) is 0 Å². The molecule has 0 bridgehead atoms. The first-order valence-electron chi connectivity index (χ1n) is 7.83. The van der Waals surface area contributed by atoms with E-state index in [-0.39, 0.29) is 0 Å². The predicted molar refractivity (Wildman–Crippen MR) is 85.8 cm³/mol. The topological polar surface area (TPSA) is 12.0 Å². The molecule has 0 aliphatic heterocycles. The summed E-state index contributed by atoms with van der Waals surface area (Å²) in [7, 11) is 0. The lowest BCUT2D eigenvalue weighted by Crippen LogP contribution is -2.35. The van der Waals surface area contributed by atoms with Crippen LogP contribution in [0.4, 0.5) is 0 Å². The molecule has 0 spiro atoms. The Hall–Kier alpha value is -0.820. The molecule has 1 aromatic rings. The van der Waals surface area contributed by atoms with Crippen molar-refractivity contribution in [2.45, 2.75) is 60.3 Å². The second kappa shape index (κ2) is 7.69. The van der Waals surface area contributed by atoms with Gasteiger partial charge in [-0.1, -0.05) is 50.1 Å². The molecule has 0 aromatic heterocycles. The lowest BCUT2D eigenvalue weighted by molar-refractivity contribution is 0.247. The summed E-state index contributed by atoms with van der Waals surface area (Å²) >= 11 is 0. The van der Waals surface area contributed by atoms with Gasteiger partial charge in [0, 0.05) is 6.54 Å². The van der Waals surface area contributed by atoms with E-state index in [2.05, 4.69) is 58.1 Å². The first-order valence-corrected chi connectivity index (χ1v) is 7.83. The molecule has 0 amide bonds. The highest BCUT2D eigenvalue weighted by Gasteiger charge is 2.26. The normalized spacial score (nSPS) is 11.8. The highest BCUT2D eigenvalue weighted by atomic mass is 14.9. The lowest BCUT2D eigenvalue weighted by atomic mass is 9.76. The molecule has 1 nitrogen and oxygen atoms in total. The summed E-state index contributed by atoms with van der Waals surface area (Å²) in [6.07, 6.45) is 4.90. The molecular formula is C18H31N. The van der Waals surface area contributed by atoms with Crippen molar-refractivity contribution < 1.29 is 0 Å². The Bertz CT molecular complexity index is 357. The molecule has 1 rings (SSSR count). The second-order valence-corrected chi connectivity index (χ2v) is 6.06. The molecule has 19 heavy (non-hydrogen) atoms. The summed E-state index contributed by atoms with van der Waals surface area (Å²) in [6.45, 7) is 13.6. The monoisotopic (exact) mass is 261 g/mol. The van der Waals surface area contributed by atoms with Gasteiger partial charge in [0.25, 0.3) is 0 Å². The third-order valence-electron chi connectivity index (χ3n) is 4.29. The number of rotatable bonds is 8. The average molecular weight is 261 g/mol. The molecule has 1 heteroatoms. The van der Waals surface area contributed by atoms with E-state index in [9.17, 15) is 0 Å². The van der Waals surface area contributed by atoms with Gasteiger partial charge in [-0.15, -0.1) is 0 Å². The zero-order valence-corrected chi connectivity index (χ0v) is 13.5. The van der Waals surface area contributed by atoms with Crippen LogP contribution in [-0.2, 0) is 6.42 Å². The zero-order chi connectivity index (χ0) is 14.3. The van der Waals surface area contributed by atoms with Crippen molar-refractivity contribution in [1.82, 2.24) is 5.32 Å². The molecule has 0 heterocycles. The van der Waals surface area contributed by atoms with Crippen LogP contribution in [-0.4, -0.2) is 13.1 Å². The van der Waals surface area contributed by atoms with E-state index in [0.717, 1.165) is 13.1 Å². The van der Waals surface area contributed by atoms with Crippen molar-refractivity contribution in [1.29, 1.82) is 0 Å². The quantitative estimate of drug-likeness (QED) is 0.672. The standard InChI is InChI=1S/C18H31N/c1-6-9-19-14-18(7-2,8-3)13-17-11-15(4)10-16(5)12-17/h10-12,19H,6-9,13-14H2,1-5H3. The van der Waals surface area contributed by atoms with Gasteiger partial charge in [-0.25, -0.2) is 0 Å². The number of benzene rings is 1. The summed E-state index contributed by atoms with van der Waals surface area (Å²) in [4.78, 5) is 0. The Morgan fingerprint density at radius 1 is 0.947 bits per heavy atom. The number of hydrogen-bond donors (Lipinski definition) is 1. The first-order chi connectivity index (χ1) is 9.05. The minimum atomic E-state index is 0.412. The van der Waals surface area contributed by atoms with Gasteiger partial charge in [0.15, 0.2) is 0 Å². The summed E-state index contributed by atoms with van der Waals surface area (Å²) in [5, 5.41) is 3.63. The van der Waals surface area contributed by atoms with E-state index >= 15 is 0 Å². The molecule has 0 atom stereocenters. The fourth-order valence-corrected chi connectivity index (χ4v) is 2.95. The number of hydrogen-bond acceptors (Lipinski definition) is 1. The highest BCUT2D eigenvalue weighted by Crippen LogP contribution is 2.31. The second-order valence-electron chi connectivity index (χ2n) is 6.06. The van der Waals surface area contributed by atoms with E-state index < -0.39 is 0 Å². The number of nitrogens with one attached hydrogen (secondary N) is 1. The SMILES string of the molecule is CCCNCC(CC)(CC)Cc1cc(C)cc(C)c1. The van der Waals surface area contributed by atoms with Crippen LogP contribution in [0.25, 0.3) is 0 Å². The summed E-state index contributed by atoms with van der Waals surface area (Å²) in [5.74, 6) is 0. The van der Waals surface area contributed by atoms with Crippen molar-refractivity contribution in [2.75, 3.05) is 13.1 Å². The van der Waals surface area contributed by atoms with Crippen molar-refractivity contribution in [2.24, 2.45) is 5.41 Å². The Kier molecular flexibility index (Phi) is 6.57. The molecule has 1 aromatic carbocycles. The third kappa shape index (κ3) is 4.99. The first kappa shape index (κ1) is 16.2. The third-order valence-corrected chi connectivity index (χ3v) is 4.29. The van der Waals surface area contributed by atoms with Crippen LogP contribution in [0, 0.1) is 19.3 Å². The summed E-state index contributed by atoms with van der Waals surface area (Å²) < 4.78 is 0. The highest BCUT2D eigenvalue weighted by molar-refractivity contribution is 5.29. The largest absolute Gasteiger partial charge is 0.316 e. The smallest absolute Gasteiger partial charge is 0.00108 e. The maximum Gasteiger partial charge on any atom is 0.00108 e. The van der Waals surface area contributed by atoms with Gasteiger partial charge in [-0.2, -0.15) is 0 Å². The van der Waals surface area contributed by atoms with Crippen molar-refractivity contribution in [3.63, 3.8) is 0 Å². The Balaban J connectivity index is 2.81.